The van der Waals surface area contributed by atoms with E-state index in [1.54, 1.807) is 0 Å². The molecule has 0 radical (unpaired) electrons. The van der Waals surface area contributed by atoms with Gasteiger partial charge in [0.25, 0.3) is 0 Å². The fraction of sp³-hybridized carbons (Fsp3) is 0.750. The normalized spacial score (nSPS) is 29.9. The van der Waals surface area contributed by atoms with Gasteiger partial charge in [-0.25, -0.2) is 4.63 Å². The van der Waals surface area contributed by atoms with E-state index in [1.807, 2.05) is 25.8 Å². The van der Waals surface area contributed by atoms with E-state index in [1.165, 1.54) is 0 Å². The van der Waals surface area contributed by atoms with Crippen LogP contribution in [0.3, 0.4) is 0 Å². The fourth-order valence-electron chi connectivity index (χ4n) is 2.44. The second-order valence-electron chi connectivity index (χ2n) is 5.07. The first kappa shape index (κ1) is 13.0. The summed E-state index contributed by atoms with van der Waals surface area (Å²) in [5.74, 6) is 0.148. The lowest BCUT2D eigenvalue weighted by molar-refractivity contribution is -0.146. The molecule has 0 aliphatic carbocycles. The molecule has 2 rings (SSSR count). The first-order chi connectivity index (χ1) is 8.43. The molecular weight excluding hydrogens is 232 g/mol. The molecule has 6 nitrogen and oxygen atoms in total. The molecule has 100 valence electrons. The van der Waals surface area contributed by atoms with Gasteiger partial charge in [0.1, 0.15) is 11.4 Å². The van der Waals surface area contributed by atoms with Gasteiger partial charge in [-0.2, -0.15) is 0 Å². The molecule has 1 amide bonds. The highest BCUT2D eigenvalue weighted by Gasteiger charge is 2.39. The van der Waals surface area contributed by atoms with Gasteiger partial charge in [-0.05, 0) is 27.7 Å². The summed E-state index contributed by atoms with van der Waals surface area (Å²) in [7, 11) is 1.86. The summed E-state index contributed by atoms with van der Waals surface area (Å²) < 4.78 is 4.71. The number of hydrogen-bond donors (Lipinski definition) is 0. The third-order valence-corrected chi connectivity index (χ3v) is 4.11. The number of carbonyl (C=O) groups is 1. The maximum atomic E-state index is 12.1. The zero-order valence-electron chi connectivity index (χ0n) is 11.5. The van der Waals surface area contributed by atoms with Crippen LogP contribution in [0.1, 0.15) is 32.2 Å². The molecule has 0 bridgehead atoms. The van der Waals surface area contributed by atoms with E-state index in [2.05, 4.69) is 29.1 Å². The summed E-state index contributed by atoms with van der Waals surface area (Å²) in [4.78, 5) is 16.1. The maximum Gasteiger partial charge on any atom is 0.239 e. The Bertz CT molecular complexity index is 445. The predicted molar refractivity (Wildman–Crippen MR) is 65.7 cm³/mol. The molecule has 1 aromatic heterocycles. The van der Waals surface area contributed by atoms with Gasteiger partial charge in [-0.3, -0.25) is 9.69 Å². The van der Waals surface area contributed by atoms with E-state index in [0.717, 1.165) is 11.4 Å². The summed E-state index contributed by atoms with van der Waals surface area (Å²) in [5, 5.41) is 7.67. The summed E-state index contributed by atoms with van der Waals surface area (Å²) in [5.41, 5.74) is 1.59. The van der Waals surface area contributed by atoms with Crippen LogP contribution < -0.4 is 0 Å². The minimum Gasteiger partial charge on any atom is -0.340 e. The van der Waals surface area contributed by atoms with E-state index in [0.29, 0.717) is 6.54 Å². The minimum atomic E-state index is -0.141. The Morgan fingerprint density at radius 3 is 2.44 bits per heavy atom. The summed E-state index contributed by atoms with van der Waals surface area (Å²) in [6.07, 6.45) is 0. The quantitative estimate of drug-likeness (QED) is 0.779. The highest BCUT2D eigenvalue weighted by molar-refractivity contribution is 5.82. The molecule has 0 unspecified atom stereocenters. The summed E-state index contributed by atoms with van der Waals surface area (Å²) >= 11 is 0. The molecule has 0 N–H and O–H groups in total. The second-order valence-corrected chi connectivity index (χ2v) is 5.07. The lowest BCUT2D eigenvalue weighted by Crippen LogP contribution is -2.62. The van der Waals surface area contributed by atoms with Crippen molar-refractivity contribution in [2.45, 2.75) is 52.4 Å². The van der Waals surface area contributed by atoms with Crippen molar-refractivity contribution < 1.29 is 9.42 Å². The van der Waals surface area contributed by atoms with Gasteiger partial charge in [-0.15, -0.1) is 0 Å². The third-order valence-electron chi connectivity index (χ3n) is 4.11. The molecule has 1 aliphatic rings. The molecule has 1 aromatic rings. The first-order valence-corrected chi connectivity index (χ1v) is 6.24. The van der Waals surface area contributed by atoms with Crippen LogP contribution >= 0.6 is 0 Å². The Balaban J connectivity index is 2.21. The molecule has 1 saturated heterocycles. The van der Waals surface area contributed by atoms with Crippen LogP contribution in [0, 0.1) is 6.92 Å². The number of amides is 1. The number of likely N-dealkylation sites (N-methyl/N-ethyl adjacent to an activating group) is 1. The van der Waals surface area contributed by atoms with Crippen molar-refractivity contribution in [2.24, 2.45) is 0 Å². The Morgan fingerprint density at radius 1 is 1.22 bits per heavy atom. The topological polar surface area (TPSA) is 62.5 Å². The zero-order valence-corrected chi connectivity index (χ0v) is 11.5. The number of nitrogens with zero attached hydrogens (tertiary/aromatic N) is 4. The van der Waals surface area contributed by atoms with Crippen LogP contribution in [-0.2, 0) is 11.3 Å². The standard InChI is InChI=1S/C12H20N4O2/c1-7-11(14-18-13-7)6-16-9(3)8(2)15(5)12(17)10(16)4/h8-10H,6H2,1-5H3/t8-,9-,10-/m1/s1. The monoisotopic (exact) mass is 252 g/mol. The molecule has 0 spiro atoms. The number of hydrogen-bond acceptors (Lipinski definition) is 5. The van der Waals surface area contributed by atoms with Crippen molar-refractivity contribution in [1.82, 2.24) is 20.1 Å². The van der Waals surface area contributed by atoms with E-state index >= 15 is 0 Å². The highest BCUT2D eigenvalue weighted by Crippen LogP contribution is 2.23. The van der Waals surface area contributed by atoms with Gasteiger partial charge in [0.2, 0.25) is 5.91 Å². The second kappa shape index (κ2) is 4.68. The summed E-state index contributed by atoms with van der Waals surface area (Å²) in [6.45, 7) is 8.59. The predicted octanol–water partition coefficient (Wildman–Crippen LogP) is 0.818. The number of carbonyl (C=O) groups excluding carboxylic acids is 1. The molecule has 18 heavy (non-hydrogen) atoms. The lowest BCUT2D eigenvalue weighted by atomic mass is 10.00. The van der Waals surface area contributed by atoms with Crippen LogP contribution in [0.2, 0.25) is 0 Å². The van der Waals surface area contributed by atoms with Crippen molar-refractivity contribution >= 4 is 5.91 Å². The molecule has 2 heterocycles. The Hall–Kier alpha value is -1.43. The average Bonchev–Trinajstić information content (AvgIpc) is 2.75. The smallest absolute Gasteiger partial charge is 0.239 e. The van der Waals surface area contributed by atoms with Crippen molar-refractivity contribution in [3.63, 3.8) is 0 Å². The Kier molecular flexibility index (Phi) is 3.38. The maximum absolute atomic E-state index is 12.1. The van der Waals surface area contributed by atoms with E-state index in [9.17, 15) is 4.79 Å². The number of aromatic nitrogens is 2. The number of rotatable bonds is 2. The van der Waals surface area contributed by atoms with Crippen LogP contribution in [0.5, 0.6) is 0 Å². The van der Waals surface area contributed by atoms with Crippen LogP contribution in [-0.4, -0.2) is 51.2 Å². The fourth-order valence-corrected chi connectivity index (χ4v) is 2.44. The largest absolute Gasteiger partial charge is 0.340 e. The van der Waals surface area contributed by atoms with Crippen molar-refractivity contribution in [1.29, 1.82) is 0 Å². The van der Waals surface area contributed by atoms with Gasteiger partial charge in [0, 0.05) is 25.7 Å². The Labute approximate surface area is 107 Å². The van der Waals surface area contributed by atoms with Crippen LogP contribution in [0.25, 0.3) is 0 Å². The van der Waals surface area contributed by atoms with Crippen LogP contribution in [0.4, 0.5) is 0 Å². The lowest BCUT2D eigenvalue weighted by Gasteiger charge is -2.46. The summed E-state index contributed by atoms with van der Waals surface area (Å²) in [6, 6.07) is 0.324. The molecular formula is C12H20N4O2. The molecule has 1 fully saturated rings. The molecule has 0 aromatic carbocycles. The van der Waals surface area contributed by atoms with E-state index in [-0.39, 0.29) is 24.0 Å². The zero-order chi connectivity index (χ0) is 13.4. The average molecular weight is 252 g/mol. The minimum absolute atomic E-state index is 0.141. The van der Waals surface area contributed by atoms with Gasteiger partial charge >= 0.3 is 0 Å². The van der Waals surface area contributed by atoms with Crippen LogP contribution in [0.15, 0.2) is 4.63 Å². The third kappa shape index (κ3) is 2.01. The first-order valence-electron chi connectivity index (χ1n) is 6.24. The number of piperazine rings is 1. The van der Waals surface area contributed by atoms with Gasteiger partial charge in [0.05, 0.1) is 6.04 Å². The highest BCUT2D eigenvalue weighted by atomic mass is 16.6. The molecule has 6 heteroatoms. The van der Waals surface area contributed by atoms with E-state index in [4.69, 9.17) is 4.63 Å². The SMILES string of the molecule is Cc1nonc1CN1[C@H](C)C(=O)N(C)[C@H](C)[C@H]1C. The van der Waals surface area contributed by atoms with Gasteiger partial charge < -0.3 is 4.90 Å². The van der Waals surface area contributed by atoms with E-state index < -0.39 is 0 Å². The van der Waals surface area contributed by atoms with Crippen molar-refractivity contribution in [2.75, 3.05) is 7.05 Å². The number of aryl methyl sites for hydroxylation is 1. The van der Waals surface area contributed by atoms with Crippen molar-refractivity contribution in [3.05, 3.63) is 11.4 Å². The van der Waals surface area contributed by atoms with Crippen molar-refractivity contribution in [3.8, 4) is 0 Å². The molecule has 3 atom stereocenters. The molecule has 0 saturated carbocycles. The van der Waals surface area contributed by atoms with Gasteiger partial charge in [0.15, 0.2) is 0 Å². The molecule has 1 aliphatic heterocycles. The Morgan fingerprint density at radius 2 is 1.89 bits per heavy atom. The van der Waals surface area contributed by atoms with Gasteiger partial charge in [-0.1, -0.05) is 10.3 Å².